The van der Waals surface area contributed by atoms with E-state index in [1.54, 1.807) is 42.5 Å². The lowest BCUT2D eigenvalue weighted by atomic mass is 10.2. The molecular weight excluding hydrogens is 258 g/mol. The van der Waals surface area contributed by atoms with Gasteiger partial charge in [-0.2, -0.15) is 0 Å². The highest BCUT2D eigenvalue weighted by atomic mass is 16.6. The zero-order valence-corrected chi connectivity index (χ0v) is 10.8. The highest BCUT2D eigenvalue weighted by Crippen LogP contribution is 2.15. The first kappa shape index (κ1) is 13.6. The second-order valence-electron chi connectivity index (χ2n) is 3.90. The van der Waals surface area contributed by atoms with Gasteiger partial charge in [0.1, 0.15) is 5.75 Å². The van der Waals surface area contributed by atoms with Gasteiger partial charge in [0.15, 0.2) is 0 Å². The first-order chi connectivity index (χ1) is 9.69. The molecule has 0 atom stereocenters. The van der Waals surface area contributed by atoms with Gasteiger partial charge < -0.3 is 9.47 Å². The van der Waals surface area contributed by atoms with Gasteiger partial charge >= 0.3 is 12.1 Å². The van der Waals surface area contributed by atoms with Crippen LogP contribution in [0.25, 0.3) is 0 Å². The van der Waals surface area contributed by atoms with Gasteiger partial charge in [-0.15, -0.1) is 0 Å². The Labute approximate surface area is 116 Å². The minimum atomic E-state index is -0.627. The van der Waals surface area contributed by atoms with Crippen molar-refractivity contribution >= 4 is 17.7 Å². The summed E-state index contributed by atoms with van der Waals surface area (Å²) in [6.45, 7) is 0. The van der Waals surface area contributed by atoms with Crippen LogP contribution in [0.4, 0.5) is 10.5 Å². The number of nitrogens with one attached hydrogen (secondary N) is 1. The van der Waals surface area contributed by atoms with Gasteiger partial charge in [-0.1, -0.05) is 24.3 Å². The fourth-order valence-corrected chi connectivity index (χ4v) is 1.58. The topological polar surface area (TPSA) is 64.6 Å². The summed E-state index contributed by atoms with van der Waals surface area (Å²) in [5.74, 6) is -0.222. The molecule has 2 aromatic rings. The van der Waals surface area contributed by atoms with Gasteiger partial charge in [0, 0.05) is 5.69 Å². The molecule has 5 heteroatoms. The summed E-state index contributed by atoms with van der Waals surface area (Å²) in [5, 5.41) is 2.58. The molecule has 2 aromatic carbocycles. The molecule has 0 aliphatic carbocycles. The Morgan fingerprint density at radius 3 is 2.45 bits per heavy atom. The normalized spacial score (nSPS) is 9.65. The van der Waals surface area contributed by atoms with Crippen molar-refractivity contribution in [3.8, 4) is 5.75 Å². The Bertz CT molecular complexity index is 610. The van der Waals surface area contributed by atoms with Crippen LogP contribution in [0.3, 0.4) is 0 Å². The number of ether oxygens (including phenoxy) is 2. The van der Waals surface area contributed by atoms with Crippen molar-refractivity contribution in [3.63, 3.8) is 0 Å². The average Bonchev–Trinajstić information content (AvgIpc) is 2.47. The molecule has 0 fully saturated rings. The Hall–Kier alpha value is -2.82. The summed E-state index contributed by atoms with van der Waals surface area (Å²) in [4.78, 5) is 23.0. The first-order valence-electron chi connectivity index (χ1n) is 5.91. The summed E-state index contributed by atoms with van der Waals surface area (Å²) in [7, 11) is 1.29. The second-order valence-corrected chi connectivity index (χ2v) is 3.90. The zero-order valence-electron chi connectivity index (χ0n) is 10.8. The van der Waals surface area contributed by atoms with E-state index in [1.807, 2.05) is 6.07 Å². The maximum Gasteiger partial charge on any atom is 0.417 e. The second kappa shape index (κ2) is 6.38. The van der Waals surface area contributed by atoms with Crippen LogP contribution >= 0.6 is 0 Å². The number of esters is 1. The number of carbonyl (C=O) groups is 2. The lowest BCUT2D eigenvalue weighted by Crippen LogP contribution is -2.16. The maximum atomic E-state index is 11.7. The molecule has 0 spiro atoms. The summed E-state index contributed by atoms with van der Waals surface area (Å²) in [6.07, 6.45) is -0.627. The third-order valence-electron chi connectivity index (χ3n) is 2.49. The summed E-state index contributed by atoms with van der Waals surface area (Å²) >= 11 is 0. The van der Waals surface area contributed by atoms with Crippen molar-refractivity contribution in [3.05, 3.63) is 60.2 Å². The molecule has 0 aromatic heterocycles. The van der Waals surface area contributed by atoms with Crippen molar-refractivity contribution in [1.82, 2.24) is 0 Å². The fraction of sp³-hybridized carbons (Fsp3) is 0.0667. The number of rotatable bonds is 3. The number of amides is 1. The zero-order chi connectivity index (χ0) is 14.4. The van der Waals surface area contributed by atoms with Gasteiger partial charge in [-0.25, -0.2) is 9.59 Å². The minimum absolute atomic E-state index is 0.265. The molecule has 0 unspecified atom stereocenters. The third-order valence-corrected chi connectivity index (χ3v) is 2.49. The standard InChI is InChI=1S/C15H13NO4/c1-19-14(17)11-6-5-9-13(10-11)20-15(18)16-12-7-3-2-4-8-12/h2-10H,1H3,(H,16,18). The highest BCUT2D eigenvalue weighted by Gasteiger charge is 2.09. The number of methoxy groups -OCH3 is 1. The monoisotopic (exact) mass is 271 g/mol. The van der Waals surface area contributed by atoms with Gasteiger partial charge in [0.25, 0.3) is 0 Å². The van der Waals surface area contributed by atoms with Crippen molar-refractivity contribution in [1.29, 1.82) is 0 Å². The number of benzene rings is 2. The van der Waals surface area contributed by atoms with Crippen LogP contribution in [-0.2, 0) is 4.74 Å². The molecule has 0 radical (unpaired) electrons. The van der Waals surface area contributed by atoms with Gasteiger partial charge in [-0.05, 0) is 30.3 Å². The van der Waals surface area contributed by atoms with Crippen molar-refractivity contribution < 1.29 is 19.1 Å². The molecule has 20 heavy (non-hydrogen) atoms. The minimum Gasteiger partial charge on any atom is -0.465 e. The molecule has 1 amide bonds. The van der Waals surface area contributed by atoms with Crippen molar-refractivity contribution in [2.45, 2.75) is 0 Å². The Balaban J connectivity index is 2.03. The molecule has 0 saturated heterocycles. The number of anilines is 1. The molecular formula is C15H13NO4. The van der Waals surface area contributed by atoms with E-state index in [2.05, 4.69) is 10.1 Å². The maximum absolute atomic E-state index is 11.7. The summed E-state index contributed by atoms with van der Waals surface area (Å²) in [5.41, 5.74) is 0.944. The van der Waals surface area contributed by atoms with Crippen LogP contribution < -0.4 is 10.1 Å². The van der Waals surface area contributed by atoms with E-state index in [-0.39, 0.29) is 5.75 Å². The molecule has 0 bridgehead atoms. The average molecular weight is 271 g/mol. The quantitative estimate of drug-likeness (QED) is 0.871. The highest BCUT2D eigenvalue weighted by molar-refractivity contribution is 5.90. The van der Waals surface area contributed by atoms with Gasteiger partial charge in [0.05, 0.1) is 12.7 Å². The predicted molar refractivity (Wildman–Crippen MR) is 73.9 cm³/mol. The van der Waals surface area contributed by atoms with Crippen molar-refractivity contribution in [2.75, 3.05) is 12.4 Å². The Morgan fingerprint density at radius 1 is 1.00 bits per heavy atom. The molecule has 2 rings (SSSR count). The summed E-state index contributed by atoms with van der Waals surface area (Å²) < 4.78 is 9.69. The van der Waals surface area contributed by atoms with E-state index >= 15 is 0 Å². The molecule has 0 aliphatic heterocycles. The fourth-order valence-electron chi connectivity index (χ4n) is 1.58. The van der Waals surface area contributed by atoms with E-state index < -0.39 is 12.1 Å². The number of hydrogen-bond donors (Lipinski definition) is 1. The molecule has 102 valence electrons. The van der Waals surface area contributed by atoms with Crippen LogP contribution in [0.1, 0.15) is 10.4 Å². The first-order valence-corrected chi connectivity index (χ1v) is 5.91. The van der Waals surface area contributed by atoms with Crippen molar-refractivity contribution in [2.24, 2.45) is 0 Å². The Kier molecular flexibility index (Phi) is 4.34. The van der Waals surface area contributed by atoms with Gasteiger partial charge in [-0.3, -0.25) is 5.32 Å². The molecule has 0 heterocycles. The molecule has 0 saturated carbocycles. The van der Waals surface area contributed by atoms with Crippen LogP contribution in [0.5, 0.6) is 5.75 Å². The molecule has 1 N–H and O–H groups in total. The van der Waals surface area contributed by atoms with Crippen LogP contribution in [0.2, 0.25) is 0 Å². The lowest BCUT2D eigenvalue weighted by Gasteiger charge is -2.07. The number of hydrogen-bond acceptors (Lipinski definition) is 4. The van der Waals surface area contributed by atoms with E-state index in [9.17, 15) is 9.59 Å². The number of para-hydroxylation sites is 1. The SMILES string of the molecule is COC(=O)c1cccc(OC(=O)Nc2ccccc2)c1. The van der Waals surface area contributed by atoms with E-state index in [4.69, 9.17) is 4.74 Å². The van der Waals surface area contributed by atoms with E-state index in [0.29, 0.717) is 11.3 Å². The van der Waals surface area contributed by atoms with Gasteiger partial charge in [0.2, 0.25) is 0 Å². The predicted octanol–water partition coefficient (Wildman–Crippen LogP) is 3.08. The van der Waals surface area contributed by atoms with E-state index in [1.165, 1.54) is 13.2 Å². The van der Waals surface area contributed by atoms with Crippen LogP contribution in [0, 0.1) is 0 Å². The molecule has 5 nitrogen and oxygen atoms in total. The summed E-state index contributed by atoms with van der Waals surface area (Å²) in [6, 6.07) is 15.1. The van der Waals surface area contributed by atoms with E-state index in [0.717, 1.165) is 0 Å². The van der Waals surface area contributed by atoms with Crippen LogP contribution in [0.15, 0.2) is 54.6 Å². The smallest absolute Gasteiger partial charge is 0.417 e. The molecule has 0 aliphatic rings. The number of carbonyl (C=O) groups excluding carboxylic acids is 2. The third kappa shape index (κ3) is 3.58. The largest absolute Gasteiger partial charge is 0.465 e. The van der Waals surface area contributed by atoms with Crippen LogP contribution in [-0.4, -0.2) is 19.2 Å². The lowest BCUT2D eigenvalue weighted by molar-refractivity contribution is 0.0600. The Morgan fingerprint density at radius 2 is 1.75 bits per heavy atom.